The van der Waals surface area contributed by atoms with E-state index in [1.165, 1.54) is 0 Å². The van der Waals surface area contributed by atoms with Gasteiger partial charge in [-0.1, -0.05) is 12.0 Å². The Morgan fingerprint density at radius 3 is 3.00 bits per heavy atom. The van der Waals surface area contributed by atoms with Crippen molar-refractivity contribution < 1.29 is 4.42 Å². The van der Waals surface area contributed by atoms with Crippen molar-refractivity contribution in [1.29, 1.82) is 0 Å². The molecule has 17 heavy (non-hydrogen) atoms. The summed E-state index contributed by atoms with van der Waals surface area (Å²) in [4.78, 5) is 2.18. The Kier molecular flexibility index (Phi) is 3.93. The molecule has 1 aromatic heterocycles. The minimum atomic E-state index is 0.258. The fourth-order valence-corrected chi connectivity index (χ4v) is 2.97. The third-order valence-electron chi connectivity index (χ3n) is 2.68. The van der Waals surface area contributed by atoms with Gasteiger partial charge in [0.25, 0.3) is 0 Å². The van der Waals surface area contributed by atoms with Gasteiger partial charge in [0, 0.05) is 23.6 Å². The number of nitrogens with zero attached hydrogens (tertiary/aromatic N) is 3. The fraction of sp³-hybridized carbons (Fsp3) is 0.818. The lowest BCUT2D eigenvalue weighted by molar-refractivity contribution is 0.458. The maximum atomic E-state index is 5.65. The molecule has 0 atom stereocenters. The van der Waals surface area contributed by atoms with Crippen molar-refractivity contribution in [2.24, 2.45) is 0 Å². The number of aromatic nitrogens is 2. The maximum Gasteiger partial charge on any atom is 0.318 e. The van der Waals surface area contributed by atoms with E-state index in [0.717, 1.165) is 25.4 Å². The van der Waals surface area contributed by atoms with E-state index in [2.05, 4.69) is 41.2 Å². The van der Waals surface area contributed by atoms with Crippen LogP contribution in [-0.4, -0.2) is 40.3 Å². The van der Waals surface area contributed by atoms with E-state index >= 15 is 0 Å². The Bertz CT molecular complexity index is 366. The van der Waals surface area contributed by atoms with Crippen molar-refractivity contribution in [3.05, 3.63) is 5.89 Å². The number of anilines is 1. The lowest BCUT2D eigenvalue weighted by Crippen LogP contribution is -2.43. The summed E-state index contributed by atoms with van der Waals surface area (Å²) in [7, 11) is 0. The van der Waals surface area contributed by atoms with Crippen LogP contribution >= 0.6 is 11.8 Å². The monoisotopic (exact) mass is 256 g/mol. The lowest BCUT2D eigenvalue weighted by atomic mass is 10.2. The summed E-state index contributed by atoms with van der Waals surface area (Å²) in [5.74, 6) is 1.77. The van der Waals surface area contributed by atoms with Crippen molar-refractivity contribution in [1.82, 2.24) is 15.5 Å². The predicted molar refractivity (Wildman–Crippen MR) is 70.4 cm³/mol. The Balaban J connectivity index is 1.99. The first kappa shape index (κ1) is 12.7. The Labute approximate surface area is 106 Å². The SMILES string of the molecule is CCNCc1nnc(N2CCSC(C)(C)C2)o1. The average Bonchev–Trinajstić information content (AvgIpc) is 2.73. The summed E-state index contributed by atoms with van der Waals surface area (Å²) in [6.45, 7) is 10.1. The minimum Gasteiger partial charge on any atom is -0.407 e. The third kappa shape index (κ3) is 3.35. The Hall–Kier alpha value is -0.750. The van der Waals surface area contributed by atoms with Crippen LogP contribution < -0.4 is 10.2 Å². The number of hydrogen-bond donors (Lipinski definition) is 1. The zero-order valence-corrected chi connectivity index (χ0v) is 11.5. The second-order valence-electron chi connectivity index (χ2n) is 4.79. The standard InChI is InChI=1S/C11H20N4OS/c1-4-12-7-9-13-14-10(16-9)15-5-6-17-11(2,3)8-15/h12H,4-8H2,1-3H3. The highest BCUT2D eigenvalue weighted by Gasteiger charge is 2.29. The topological polar surface area (TPSA) is 54.2 Å². The highest BCUT2D eigenvalue weighted by atomic mass is 32.2. The largest absolute Gasteiger partial charge is 0.407 e. The van der Waals surface area contributed by atoms with Crippen molar-refractivity contribution >= 4 is 17.8 Å². The van der Waals surface area contributed by atoms with Crippen LogP contribution in [-0.2, 0) is 6.54 Å². The number of thioether (sulfide) groups is 1. The molecule has 2 heterocycles. The van der Waals surface area contributed by atoms with Crippen LogP contribution in [0.25, 0.3) is 0 Å². The highest BCUT2D eigenvalue weighted by molar-refractivity contribution is 8.00. The van der Waals surface area contributed by atoms with Crippen LogP contribution in [0.1, 0.15) is 26.7 Å². The molecule has 0 unspecified atom stereocenters. The minimum absolute atomic E-state index is 0.258. The zero-order valence-electron chi connectivity index (χ0n) is 10.7. The van der Waals surface area contributed by atoms with Gasteiger partial charge in [-0.15, -0.1) is 5.10 Å². The van der Waals surface area contributed by atoms with E-state index < -0.39 is 0 Å². The van der Waals surface area contributed by atoms with E-state index in [4.69, 9.17) is 4.42 Å². The van der Waals surface area contributed by atoms with Crippen molar-refractivity contribution in [2.75, 3.05) is 30.3 Å². The molecule has 1 aliphatic rings. The molecular formula is C11H20N4OS. The molecule has 0 bridgehead atoms. The van der Waals surface area contributed by atoms with Gasteiger partial charge in [0.1, 0.15) is 0 Å². The summed E-state index contributed by atoms with van der Waals surface area (Å²) < 4.78 is 5.91. The summed E-state index contributed by atoms with van der Waals surface area (Å²) in [6.07, 6.45) is 0. The highest BCUT2D eigenvalue weighted by Crippen LogP contribution is 2.31. The van der Waals surface area contributed by atoms with Crippen LogP contribution in [0.2, 0.25) is 0 Å². The van der Waals surface area contributed by atoms with Gasteiger partial charge in [-0.3, -0.25) is 0 Å². The first-order valence-corrected chi connectivity index (χ1v) is 7.01. The molecule has 5 nitrogen and oxygen atoms in total. The van der Waals surface area contributed by atoms with Crippen molar-refractivity contribution in [3.8, 4) is 0 Å². The van der Waals surface area contributed by atoms with Gasteiger partial charge >= 0.3 is 6.01 Å². The van der Waals surface area contributed by atoms with Gasteiger partial charge in [0.2, 0.25) is 5.89 Å². The predicted octanol–water partition coefficient (Wildman–Crippen LogP) is 1.51. The van der Waals surface area contributed by atoms with E-state index in [0.29, 0.717) is 18.5 Å². The van der Waals surface area contributed by atoms with E-state index in [1.54, 1.807) is 0 Å². The molecule has 0 aromatic carbocycles. The molecule has 0 radical (unpaired) electrons. The van der Waals surface area contributed by atoms with Crippen LogP contribution in [0.3, 0.4) is 0 Å². The number of rotatable bonds is 4. The lowest BCUT2D eigenvalue weighted by Gasteiger charge is -2.36. The van der Waals surface area contributed by atoms with Crippen molar-refractivity contribution in [3.63, 3.8) is 0 Å². The smallest absolute Gasteiger partial charge is 0.318 e. The average molecular weight is 256 g/mol. The van der Waals surface area contributed by atoms with Gasteiger partial charge in [0.15, 0.2) is 0 Å². The molecule has 6 heteroatoms. The molecule has 1 saturated heterocycles. The Morgan fingerprint density at radius 2 is 2.29 bits per heavy atom. The molecule has 0 aliphatic carbocycles. The molecule has 0 saturated carbocycles. The third-order valence-corrected chi connectivity index (χ3v) is 3.98. The van der Waals surface area contributed by atoms with Gasteiger partial charge in [-0.25, -0.2) is 0 Å². The van der Waals surface area contributed by atoms with Crippen LogP contribution in [0.5, 0.6) is 0 Å². The van der Waals surface area contributed by atoms with Crippen LogP contribution in [0.4, 0.5) is 6.01 Å². The first-order chi connectivity index (χ1) is 8.11. The van der Waals surface area contributed by atoms with Crippen LogP contribution in [0.15, 0.2) is 4.42 Å². The molecule has 96 valence electrons. The summed E-state index contributed by atoms with van der Waals surface area (Å²) in [5.41, 5.74) is 0. The molecule has 0 spiro atoms. The summed E-state index contributed by atoms with van der Waals surface area (Å²) in [6, 6.07) is 0.659. The van der Waals surface area contributed by atoms with Gasteiger partial charge in [-0.2, -0.15) is 11.8 Å². The molecule has 1 N–H and O–H groups in total. The van der Waals surface area contributed by atoms with Gasteiger partial charge in [0.05, 0.1) is 6.54 Å². The van der Waals surface area contributed by atoms with E-state index in [-0.39, 0.29) is 4.75 Å². The Morgan fingerprint density at radius 1 is 1.47 bits per heavy atom. The quantitative estimate of drug-likeness (QED) is 0.881. The van der Waals surface area contributed by atoms with E-state index in [1.807, 2.05) is 11.8 Å². The van der Waals surface area contributed by atoms with Crippen LogP contribution in [0, 0.1) is 0 Å². The molecule has 1 fully saturated rings. The van der Waals surface area contributed by atoms with E-state index in [9.17, 15) is 0 Å². The van der Waals surface area contributed by atoms with Crippen molar-refractivity contribution in [2.45, 2.75) is 32.1 Å². The molecular weight excluding hydrogens is 236 g/mol. The van der Waals surface area contributed by atoms with Gasteiger partial charge in [-0.05, 0) is 20.4 Å². The number of nitrogens with one attached hydrogen (secondary N) is 1. The summed E-state index contributed by atoms with van der Waals surface area (Å²) in [5, 5.41) is 11.3. The maximum absolute atomic E-state index is 5.65. The second-order valence-corrected chi connectivity index (χ2v) is 6.59. The molecule has 1 aliphatic heterocycles. The first-order valence-electron chi connectivity index (χ1n) is 6.03. The zero-order chi connectivity index (χ0) is 12.3. The number of hydrogen-bond acceptors (Lipinski definition) is 6. The summed E-state index contributed by atoms with van der Waals surface area (Å²) >= 11 is 2.00. The molecule has 0 amide bonds. The second kappa shape index (κ2) is 5.27. The normalized spacial score (nSPS) is 19.6. The van der Waals surface area contributed by atoms with Gasteiger partial charge < -0.3 is 14.6 Å². The molecule has 2 rings (SSSR count). The fourth-order valence-electron chi connectivity index (χ4n) is 1.86. The molecule has 1 aromatic rings.